The van der Waals surface area contributed by atoms with Gasteiger partial charge in [-0.15, -0.1) is 11.3 Å². The molecule has 1 aromatic heterocycles. The average Bonchev–Trinajstić information content (AvgIpc) is 2.68. The van der Waals surface area contributed by atoms with Gasteiger partial charge in [0.05, 0.1) is 0 Å². The van der Waals surface area contributed by atoms with Crippen molar-refractivity contribution in [2.24, 2.45) is 0 Å². The first-order valence-electron chi connectivity index (χ1n) is 5.04. The number of thiazole rings is 1. The van der Waals surface area contributed by atoms with E-state index in [9.17, 15) is 8.78 Å². The van der Waals surface area contributed by atoms with Crippen molar-refractivity contribution < 1.29 is 8.78 Å². The maximum atomic E-state index is 13.3. The van der Waals surface area contributed by atoms with Crippen LogP contribution >= 0.6 is 11.3 Å². The quantitative estimate of drug-likeness (QED) is 0.720. The molecule has 4 heteroatoms. The minimum absolute atomic E-state index is 0.351. The Bertz CT molecular complexity index is 466. The lowest BCUT2D eigenvalue weighted by Gasteiger charge is -1.97. The van der Waals surface area contributed by atoms with Crippen LogP contribution in [0.4, 0.5) is 8.78 Å². The van der Waals surface area contributed by atoms with Crippen LogP contribution in [-0.2, 0) is 0 Å². The zero-order chi connectivity index (χ0) is 12.1. The second-order valence-electron chi connectivity index (χ2n) is 2.92. The van der Waals surface area contributed by atoms with Crippen molar-refractivity contribution in [3.63, 3.8) is 0 Å². The third-order valence-corrected chi connectivity index (χ3v) is 2.77. The first kappa shape index (κ1) is 12.8. The average molecular weight is 241 g/mol. The van der Waals surface area contributed by atoms with Crippen LogP contribution in [0.15, 0.2) is 23.6 Å². The zero-order valence-electron chi connectivity index (χ0n) is 9.42. The van der Waals surface area contributed by atoms with E-state index >= 15 is 0 Å². The van der Waals surface area contributed by atoms with Crippen LogP contribution in [0.1, 0.15) is 19.5 Å². The van der Waals surface area contributed by atoms with Crippen molar-refractivity contribution in [1.82, 2.24) is 4.98 Å². The molecule has 1 nitrogen and oxygen atoms in total. The molecule has 0 saturated carbocycles. The lowest BCUT2D eigenvalue weighted by atomic mass is 10.2. The fourth-order valence-corrected chi connectivity index (χ4v) is 1.96. The van der Waals surface area contributed by atoms with E-state index < -0.39 is 11.6 Å². The van der Waals surface area contributed by atoms with E-state index in [-0.39, 0.29) is 0 Å². The summed E-state index contributed by atoms with van der Waals surface area (Å²) in [5.41, 5.74) is 1.19. The van der Waals surface area contributed by atoms with Crippen LogP contribution in [-0.4, -0.2) is 4.98 Å². The Kier molecular flexibility index (Phi) is 4.55. The van der Waals surface area contributed by atoms with Crippen LogP contribution in [0.2, 0.25) is 0 Å². The first-order valence-corrected chi connectivity index (χ1v) is 5.92. The number of rotatable bonds is 1. The van der Waals surface area contributed by atoms with Gasteiger partial charge in [-0.2, -0.15) is 0 Å². The number of aryl methyl sites for hydroxylation is 1. The molecule has 0 bridgehead atoms. The molecule has 0 unspecified atom stereocenters. The zero-order valence-corrected chi connectivity index (χ0v) is 10.2. The van der Waals surface area contributed by atoms with E-state index in [1.807, 2.05) is 26.2 Å². The van der Waals surface area contributed by atoms with Crippen molar-refractivity contribution in [2.45, 2.75) is 20.8 Å². The number of nitrogens with zero attached hydrogens (tertiary/aromatic N) is 1. The van der Waals surface area contributed by atoms with Crippen molar-refractivity contribution in [3.05, 3.63) is 40.9 Å². The number of hydrogen-bond acceptors (Lipinski definition) is 2. The van der Waals surface area contributed by atoms with Gasteiger partial charge in [0.1, 0.15) is 16.6 Å². The Hall–Kier alpha value is -1.29. The molecule has 0 radical (unpaired) electrons. The molecule has 2 aromatic rings. The van der Waals surface area contributed by atoms with Gasteiger partial charge in [0, 0.05) is 22.7 Å². The van der Waals surface area contributed by atoms with Gasteiger partial charge in [-0.05, 0) is 19.1 Å². The van der Waals surface area contributed by atoms with Crippen molar-refractivity contribution in [1.29, 1.82) is 0 Å². The molecule has 0 amide bonds. The highest BCUT2D eigenvalue weighted by atomic mass is 32.1. The number of halogens is 2. The molecule has 0 aliphatic carbocycles. The Morgan fingerprint density at radius 1 is 1.19 bits per heavy atom. The predicted molar refractivity (Wildman–Crippen MR) is 63.6 cm³/mol. The minimum Gasteiger partial charge on any atom is -0.241 e. The fraction of sp³-hybridized carbons (Fsp3) is 0.250. The van der Waals surface area contributed by atoms with Gasteiger partial charge in [0.2, 0.25) is 0 Å². The Morgan fingerprint density at radius 2 is 1.88 bits per heavy atom. The summed E-state index contributed by atoms with van der Waals surface area (Å²) in [5, 5.41) is 2.41. The largest absolute Gasteiger partial charge is 0.241 e. The topological polar surface area (TPSA) is 12.9 Å². The molecule has 0 aliphatic heterocycles. The number of hydrogen-bond donors (Lipinski definition) is 0. The molecule has 0 atom stereocenters. The normalized spacial score (nSPS) is 9.56. The molecule has 1 aromatic carbocycles. The maximum absolute atomic E-state index is 13.3. The van der Waals surface area contributed by atoms with Crippen molar-refractivity contribution >= 4 is 11.3 Å². The van der Waals surface area contributed by atoms with Gasteiger partial charge in [-0.25, -0.2) is 13.8 Å². The van der Waals surface area contributed by atoms with Crippen molar-refractivity contribution in [2.75, 3.05) is 0 Å². The highest BCUT2D eigenvalue weighted by Gasteiger charge is 2.08. The van der Waals surface area contributed by atoms with Crippen LogP contribution in [0, 0.1) is 18.6 Å². The van der Waals surface area contributed by atoms with Crippen molar-refractivity contribution in [3.8, 4) is 10.6 Å². The molecule has 0 fully saturated rings. The summed E-state index contributed by atoms with van der Waals surface area (Å²) < 4.78 is 25.9. The van der Waals surface area contributed by atoms with E-state index in [0.717, 1.165) is 11.8 Å². The first-order chi connectivity index (χ1) is 7.66. The minimum atomic E-state index is -0.570. The van der Waals surface area contributed by atoms with E-state index in [2.05, 4.69) is 4.98 Å². The van der Waals surface area contributed by atoms with Crippen LogP contribution in [0.5, 0.6) is 0 Å². The van der Waals surface area contributed by atoms with Gasteiger partial charge < -0.3 is 0 Å². The standard InChI is InChI=1S/C10H7F2NS.C2H6/c1-6-5-14-10(13-6)8-3-2-7(11)4-9(8)12;1-2/h2-5H,1H3;1-2H3. The summed E-state index contributed by atoms with van der Waals surface area (Å²) >= 11 is 1.35. The third kappa shape index (κ3) is 2.85. The molecule has 16 heavy (non-hydrogen) atoms. The molecular weight excluding hydrogens is 228 g/mol. The molecule has 0 N–H and O–H groups in total. The van der Waals surface area contributed by atoms with Gasteiger partial charge in [-0.1, -0.05) is 13.8 Å². The molecule has 0 spiro atoms. The molecule has 2 rings (SSSR count). The van der Waals surface area contributed by atoms with E-state index in [1.165, 1.54) is 23.5 Å². The Labute approximate surface area is 97.8 Å². The lowest BCUT2D eigenvalue weighted by molar-refractivity contribution is 0.585. The molecule has 0 aliphatic rings. The highest BCUT2D eigenvalue weighted by Crippen LogP contribution is 2.26. The van der Waals surface area contributed by atoms with Crippen LogP contribution < -0.4 is 0 Å². The second-order valence-corrected chi connectivity index (χ2v) is 3.78. The SMILES string of the molecule is CC.Cc1csc(-c2ccc(F)cc2F)n1. The van der Waals surface area contributed by atoms with E-state index in [1.54, 1.807) is 0 Å². The summed E-state index contributed by atoms with van der Waals surface area (Å²) in [7, 11) is 0. The lowest BCUT2D eigenvalue weighted by Crippen LogP contribution is -1.85. The summed E-state index contributed by atoms with van der Waals surface area (Å²) in [6, 6.07) is 3.50. The molecule has 1 heterocycles. The predicted octanol–water partition coefficient (Wildman–Crippen LogP) is 4.42. The Balaban J connectivity index is 0.000000606. The van der Waals surface area contributed by atoms with E-state index in [4.69, 9.17) is 0 Å². The summed E-state index contributed by atoms with van der Waals surface area (Å²) in [4.78, 5) is 4.13. The van der Waals surface area contributed by atoms with Gasteiger partial charge >= 0.3 is 0 Å². The molecule has 0 saturated heterocycles. The number of aromatic nitrogens is 1. The van der Waals surface area contributed by atoms with Crippen LogP contribution in [0.3, 0.4) is 0 Å². The highest BCUT2D eigenvalue weighted by molar-refractivity contribution is 7.13. The van der Waals surface area contributed by atoms with Gasteiger partial charge in [-0.3, -0.25) is 0 Å². The van der Waals surface area contributed by atoms with E-state index in [0.29, 0.717) is 10.6 Å². The molecule has 86 valence electrons. The van der Waals surface area contributed by atoms with Gasteiger partial charge in [0.25, 0.3) is 0 Å². The summed E-state index contributed by atoms with van der Waals surface area (Å²) in [6.45, 7) is 5.83. The Morgan fingerprint density at radius 3 is 2.38 bits per heavy atom. The third-order valence-electron chi connectivity index (χ3n) is 1.78. The number of benzene rings is 1. The summed E-state index contributed by atoms with van der Waals surface area (Å²) in [5.74, 6) is -1.14. The fourth-order valence-electron chi connectivity index (χ4n) is 1.14. The monoisotopic (exact) mass is 241 g/mol. The van der Waals surface area contributed by atoms with Crippen LogP contribution in [0.25, 0.3) is 10.6 Å². The second kappa shape index (κ2) is 5.70. The smallest absolute Gasteiger partial charge is 0.136 e. The summed E-state index contributed by atoms with van der Waals surface area (Å²) in [6.07, 6.45) is 0. The van der Waals surface area contributed by atoms with Gasteiger partial charge in [0.15, 0.2) is 0 Å². The maximum Gasteiger partial charge on any atom is 0.136 e. The molecular formula is C12H13F2NS.